The van der Waals surface area contributed by atoms with Crippen LogP contribution in [0.5, 0.6) is 23.3 Å². The Morgan fingerprint density at radius 3 is 1.61 bits per heavy atom. The molecule has 4 aliphatic heterocycles. The first-order valence-electron chi connectivity index (χ1n) is 21.4. The quantitative estimate of drug-likeness (QED) is 0.121. The number of piperidine rings is 1. The lowest BCUT2D eigenvalue weighted by atomic mass is 10.0. The van der Waals surface area contributed by atoms with Gasteiger partial charge in [0.1, 0.15) is 11.5 Å². The minimum Gasteiger partial charge on any atom is -0.508 e. The maximum Gasteiger partial charge on any atom is 0.246 e. The van der Waals surface area contributed by atoms with Gasteiger partial charge >= 0.3 is 0 Å². The topological polar surface area (TPSA) is 161 Å². The molecular formula is C48H64ClN9O6. The van der Waals surface area contributed by atoms with Gasteiger partial charge in [0.05, 0.1) is 14.2 Å². The number of hydrogen-bond acceptors (Lipinski definition) is 14. The highest BCUT2D eigenvalue weighted by atomic mass is 35.5. The predicted octanol–water partition coefficient (Wildman–Crippen LogP) is 7.21. The van der Waals surface area contributed by atoms with Gasteiger partial charge in [-0.2, -0.15) is 0 Å². The fourth-order valence-electron chi connectivity index (χ4n) is 8.79. The zero-order valence-corrected chi connectivity index (χ0v) is 38.1. The largest absolute Gasteiger partial charge is 0.508 e. The Labute approximate surface area is 382 Å². The molecule has 64 heavy (non-hydrogen) atoms. The van der Waals surface area contributed by atoms with Gasteiger partial charge in [0, 0.05) is 99.8 Å². The molecule has 0 spiro atoms. The second-order valence-corrected chi connectivity index (χ2v) is 16.9. The van der Waals surface area contributed by atoms with E-state index < -0.39 is 5.24 Å². The Balaban J connectivity index is 0.000000216. The fraction of sp³-hybridized carbons (Fsp3) is 0.458. The summed E-state index contributed by atoms with van der Waals surface area (Å²) in [6.45, 7) is 22.7. The number of aromatic hydroxyl groups is 2. The minimum atomic E-state index is -0.509. The van der Waals surface area contributed by atoms with E-state index in [0.29, 0.717) is 56.3 Å². The van der Waals surface area contributed by atoms with Crippen LogP contribution in [0.3, 0.4) is 0 Å². The number of anilines is 2. The molecule has 2 atom stereocenters. The zero-order chi connectivity index (χ0) is 45.4. The second kappa shape index (κ2) is 22.2. The fourth-order valence-corrected chi connectivity index (χ4v) is 8.79. The Bertz CT molecular complexity index is 2310. The van der Waals surface area contributed by atoms with Gasteiger partial charge in [-0.05, 0) is 117 Å². The average Bonchev–Trinajstić information content (AvgIpc) is 3.91. The van der Waals surface area contributed by atoms with Crippen LogP contribution in [-0.2, 0) is 48.9 Å². The van der Waals surface area contributed by atoms with E-state index >= 15 is 0 Å². The molecule has 4 aliphatic rings. The molecule has 8 rings (SSSR count). The van der Waals surface area contributed by atoms with Crippen molar-refractivity contribution in [3.63, 3.8) is 0 Å². The van der Waals surface area contributed by atoms with Crippen molar-refractivity contribution in [2.24, 2.45) is 0 Å². The first kappa shape index (κ1) is 49.2. The third kappa shape index (κ3) is 11.5. The maximum atomic E-state index is 12.0. The van der Waals surface area contributed by atoms with Crippen LogP contribution < -0.4 is 19.3 Å². The number of carbonyl (C=O) groups excluding carboxylic acids is 2. The monoisotopic (exact) mass is 897 g/mol. The molecule has 1 amide bonds. The summed E-state index contributed by atoms with van der Waals surface area (Å²) in [6.07, 6.45) is 6.11. The van der Waals surface area contributed by atoms with Crippen molar-refractivity contribution in [3.05, 3.63) is 106 Å². The Hall–Kier alpha value is -5.77. The summed E-state index contributed by atoms with van der Waals surface area (Å²) in [7, 11) is 3.28. The maximum absolute atomic E-state index is 12.0. The summed E-state index contributed by atoms with van der Waals surface area (Å²) in [6, 6.07) is 11.7. The van der Waals surface area contributed by atoms with Crippen molar-refractivity contribution < 1.29 is 29.3 Å². The van der Waals surface area contributed by atoms with Crippen molar-refractivity contribution in [1.82, 2.24) is 35.1 Å². The lowest BCUT2D eigenvalue weighted by Gasteiger charge is -2.40. The van der Waals surface area contributed by atoms with Crippen LogP contribution in [0, 0.1) is 13.8 Å². The normalized spacial score (nSPS) is 18.0. The number of methoxy groups -OCH3 is 2. The van der Waals surface area contributed by atoms with Gasteiger partial charge in [-0.1, -0.05) is 32.7 Å². The molecule has 15 nitrogen and oxygen atoms in total. The summed E-state index contributed by atoms with van der Waals surface area (Å²) in [5.74, 6) is 3.63. The molecule has 0 aliphatic carbocycles. The molecule has 6 heterocycles. The molecule has 0 bridgehead atoms. The number of aromatic nitrogens is 4. The van der Waals surface area contributed by atoms with Gasteiger partial charge in [-0.15, -0.1) is 20.4 Å². The van der Waals surface area contributed by atoms with E-state index in [0.717, 1.165) is 83.8 Å². The molecular weight excluding hydrogens is 834 g/mol. The highest BCUT2D eigenvalue weighted by Gasteiger charge is 2.35. The lowest BCUT2D eigenvalue weighted by Crippen LogP contribution is -2.54. The van der Waals surface area contributed by atoms with Crippen LogP contribution in [0.25, 0.3) is 0 Å². The highest BCUT2D eigenvalue weighted by molar-refractivity contribution is 6.66. The van der Waals surface area contributed by atoms with Crippen molar-refractivity contribution in [2.75, 3.05) is 50.2 Å². The molecule has 4 aromatic rings. The standard InChI is InChI=1S/C23H29N5O3.C21H28N4O2.C3H3ClO.CH4/c1-5-21(30)27-8-9-28(16(3)11-27)22-19-13-26(14-20(19)23(31-4)25-24-22)12-17-10-18(29)7-6-15(17)2;1-14-7-8-17(26)10-16(14)11-24-12-18-19(13-24)21(27-3)23-22-20(18)25-9-5-4-6-15(25)2;1-2-3(4)5;/h5-7,10,16,29H,1,8-9,11-14H2,2-4H3;7-8,10,15,26H,4-6,9,11-13H2,1-3H3;2H,1H2;1H4/t16-;15-;;/m00../s1. The van der Waals surface area contributed by atoms with Gasteiger partial charge in [0.25, 0.3) is 0 Å². The summed E-state index contributed by atoms with van der Waals surface area (Å²) < 4.78 is 11.0. The zero-order valence-electron chi connectivity index (χ0n) is 37.3. The molecule has 2 saturated heterocycles. The first-order chi connectivity index (χ1) is 30.2. The van der Waals surface area contributed by atoms with E-state index in [2.05, 4.69) is 80.8 Å². The highest BCUT2D eigenvalue weighted by Crippen LogP contribution is 2.39. The van der Waals surface area contributed by atoms with Crippen LogP contribution in [0.2, 0.25) is 0 Å². The number of rotatable bonds is 10. The minimum absolute atomic E-state index is 0. The van der Waals surface area contributed by atoms with Crippen molar-refractivity contribution >= 4 is 34.4 Å². The summed E-state index contributed by atoms with van der Waals surface area (Å²) in [5, 5.41) is 37.0. The molecule has 0 unspecified atom stereocenters. The summed E-state index contributed by atoms with van der Waals surface area (Å²) >= 11 is 4.71. The number of nitrogens with zero attached hydrogens (tertiary/aromatic N) is 9. The number of halogens is 1. The molecule has 0 radical (unpaired) electrons. The Kier molecular flexibility index (Phi) is 17.1. The van der Waals surface area contributed by atoms with Gasteiger partial charge < -0.3 is 34.4 Å². The van der Waals surface area contributed by atoms with Crippen molar-refractivity contribution in [3.8, 4) is 23.3 Å². The third-order valence-electron chi connectivity index (χ3n) is 12.2. The molecule has 2 aromatic carbocycles. The Morgan fingerprint density at radius 1 is 0.719 bits per heavy atom. The van der Waals surface area contributed by atoms with E-state index in [4.69, 9.17) is 21.1 Å². The number of carbonyl (C=O) groups is 2. The van der Waals surface area contributed by atoms with E-state index in [9.17, 15) is 19.8 Å². The van der Waals surface area contributed by atoms with Crippen LogP contribution in [-0.4, -0.2) is 109 Å². The van der Waals surface area contributed by atoms with Crippen LogP contribution in [0.15, 0.2) is 61.7 Å². The van der Waals surface area contributed by atoms with Crippen molar-refractivity contribution in [2.45, 2.75) is 106 Å². The number of allylic oxidation sites excluding steroid dienone is 1. The molecule has 2 aromatic heterocycles. The first-order valence-corrected chi connectivity index (χ1v) is 21.8. The van der Waals surface area contributed by atoms with Crippen molar-refractivity contribution in [1.29, 1.82) is 0 Å². The van der Waals surface area contributed by atoms with Gasteiger partial charge in [-0.25, -0.2) is 0 Å². The number of ether oxygens (including phenoxy) is 2. The van der Waals surface area contributed by atoms with E-state index in [-0.39, 0.29) is 25.1 Å². The van der Waals surface area contributed by atoms with Gasteiger partial charge in [0.15, 0.2) is 11.6 Å². The molecule has 16 heteroatoms. The lowest BCUT2D eigenvalue weighted by molar-refractivity contribution is -0.126. The number of fused-ring (bicyclic) bond motifs is 2. The number of phenolic OH excluding ortho intramolecular Hbond substituents is 2. The van der Waals surface area contributed by atoms with Crippen LogP contribution in [0.1, 0.15) is 85.0 Å². The number of phenols is 2. The average molecular weight is 899 g/mol. The molecule has 2 fully saturated rings. The second-order valence-electron chi connectivity index (χ2n) is 16.6. The Morgan fingerprint density at radius 2 is 1.19 bits per heavy atom. The molecule has 344 valence electrons. The van der Waals surface area contributed by atoms with E-state index in [1.807, 2.05) is 29.2 Å². The van der Waals surface area contributed by atoms with E-state index in [1.165, 1.54) is 36.5 Å². The van der Waals surface area contributed by atoms with Crippen LogP contribution in [0.4, 0.5) is 11.6 Å². The van der Waals surface area contributed by atoms with Gasteiger partial charge in [-0.3, -0.25) is 19.4 Å². The summed E-state index contributed by atoms with van der Waals surface area (Å²) in [4.78, 5) is 32.6. The number of aryl methyl sites for hydroxylation is 2. The third-order valence-corrected chi connectivity index (χ3v) is 12.4. The SMILES string of the molecule is C.C=CC(=O)Cl.C=CC(=O)N1CCN(c2nnc(OC)c3c2CN(Cc2cc(O)ccc2C)C3)[C@@H](C)C1.COc1nnc(N2CCCC[C@@H]2C)c2c1CN(Cc1cc(O)ccc1C)C2. The van der Waals surface area contributed by atoms with Crippen LogP contribution >= 0.6 is 11.6 Å². The number of amides is 1. The predicted molar refractivity (Wildman–Crippen MR) is 251 cm³/mol. The number of hydrogen-bond donors (Lipinski definition) is 2. The smallest absolute Gasteiger partial charge is 0.246 e. The molecule has 2 N–H and O–H groups in total. The molecule has 0 saturated carbocycles. The van der Waals surface area contributed by atoms with Gasteiger partial charge in [0.2, 0.25) is 22.9 Å². The van der Waals surface area contributed by atoms with E-state index in [1.54, 1.807) is 26.4 Å². The number of piperazine rings is 1. The summed E-state index contributed by atoms with van der Waals surface area (Å²) in [5.41, 5.74) is 9.16. The number of benzene rings is 2.